The van der Waals surface area contributed by atoms with Crippen molar-refractivity contribution in [3.63, 3.8) is 0 Å². The van der Waals surface area contributed by atoms with Crippen molar-refractivity contribution in [3.05, 3.63) is 61.5 Å². The molecule has 2 atom stereocenters. The number of alkyl halides is 2. The summed E-state index contributed by atoms with van der Waals surface area (Å²) in [4.78, 5) is 23.9. The van der Waals surface area contributed by atoms with E-state index in [2.05, 4.69) is 5.32 Å². The second-order valence-corrected chi connectivity index (χ2v) is 9.07. The van der Waals surface area contributed by atoms with E-state index in [4.69, 9.17) is 74.7 Å². The van der Waals surface area contributed by atoms with E-state index in [1.54, 1.807) is 18.2 Å². The molecule has 27 heavy (non-hydrogen) atoms. The number of anilines is 1. The molecular formula is C17H9Cl6NO3. The quantitative estimate of drug-likeness (QED) is 0.482. The summed E-state index contributed by atoms with van der Waals surface area (Å²) in [7, 11) is 0. The third-order valence-corrected chi connectivity index (χ3v) is 6.13. The summed E-state index contributed by atoms with van der Waals surface area (Å²) in [6.45, 7) is 0. The fourth-order valence-electron chi connectivity index (χ4n) is 2.84. The SMILES string of the molecule is O=C(O)c1cc(NC(=O)[C@H]2[C@H](c3cc(Cl)cc(Cl)c3)C2(Cl)Cl)c(Cl)cc1Cl. The molecule has 1 aliphatic rings. The van der Waals surface area contributed by atoms with Gasteiger partial charge in [-0.3, -0.25) is 4.79 Å². The molecule has 0 unspecified atom stereocenters. The predicted octanol–water partition coefficient (Wildman–Crippen LogP) is 6.52. The lowest BCUT2D eigenvalue weighted by molar-refractivity contribution is -0.117. The van der Waals surface area contributed by atoms with Gasteiger partial charge in [-0.05, 0) is 35.9 Å². The van der Waals surface area contributed by atoms with Crippen LogP contribution in [0.5, 0.6) is 0 Å². The molecule has 142 valence electrons. The molecule has 0 aliphatic heterocycles. The number of carbonyl (C=O) groups is 2. The van der Waals surface area contributed by atoms with E-state index in [-0.39, 0.29) is 21.3 Å². The van der Waals surface area contributed by atoms with Crippen LogP contribution in [-0.4, -0.2) is 21.3 Å². The first-order valence-electron chi connectivity index (χ1n) is 7.39. The summed E-state index contributed by atoms with van der Waals surface area (Å²) in [6.07, 6.45) is 0. The van der Waals surface area contributed by atoms with Gasteiger partial charge in [0.2, 0.25) is 5.91 Å². The largest absolute Gasteiger partial charge is 0.478 e. The van der Waals surface area contributed by atoms with E-state index in [0.717, 1.165) is 0 Å². The van der Waals surface area contributed by atoms with Gasteiger partial charge in [-0.1, -0.05) is 46.4 Å². The zero-order chi connectivity index (χ0) is 20.1. The number of carboxylic acid groups (broad SMARTS) is 1. The van der Waals surface area contributed by atoms with Gasteiger partial charge in [-0.25, -0.2) is 4.79 Å². The van der Waals surface area contributed by atoms with Gasteiger partial charge in [-0.15, -0.1) is 23.2 Å². The molecule has 0 heterocycles. The lowest BCUT2D eigenvalue weighted by Crippen LogP contribution is -2.18. The first-order valence-corrected chi connectivity index (χ1v) is 9.66. The maximum absolute atomic E-state index is 12.7. The van der Waals surface area contributed by atoms with Gasteiger partial charge in [0.1, 0.15) is 4.33 Å². The van der Waals surface area contributed by atoms with Crippen LogP contribution >= 0.6 is 69.6 Å². The molecule has 1 saturated carbocycles. The number of nitrogens with one attached hydrogen (secondary N) is 1. The van der Waals surface area contributed by atoms with Gasteiger partial charge in [-0.2, -0.15) is 0 Å². The highest BCUT2D eigenvalue weighted by molar-refractivity contribution is 6.53. The summed E-state index contributed by atoms with van der Waals surface area (Å²) in [6, 6.07) is 7.21. The molecule has 0 saturated heterocycles. The molecule has 1 amide bonds. The first kappa shape index (κ1) is 20.8. The van der Waals surface area contributed by atoms with E-state index in [0.29, 0.717) is 15.6 Å². The molecule has 2 aromatic rings. The lowest BCUT2D eigenvalue weighted by atomic mass is 10.1. The Morgan fingerprint density at radius 1 is 0.926 bits per heavy atom. The smallest absolute Gasteiger partial charge is 0.337 e. The van der Waals surface area contributed by atoms with Gasteiger partial charge in [0.05, 0.1) is 27.2 Å². The maximum atomic E-state index is 12.7. The molecule has 0 radical (unpaired) electrons. The summed E-state index contributed by atoms with van der Waals surface area (Å²) >= 11 is 36.5. The summed E-state index contributed by atoms with van der Waals surface area (Å²) in [5.41, 5.74) is 0.502. The number of rotatable bonds is 4. The number of carboxylic acids is 1. The maximum Gasteiger partial charge on any atom is 0.337 e. The fraction of sp³-hybridized carbons (Fsp3) is 0.176. The summed E-state index contributed by atoms with van der Waals surface area (Å²) < 4.78 is -1.37. The highest BCUT2D eigenvalue weighted by Gasteiger charge is 2.67. The second kappa shape index (κ2) is 7.51. The van der Waals surface area contributed by atoms with Crippen molar-refractivity contribution in [1.82, 2.24) is 0 Å². The number of benzene rings is 2. The Hall–Kier alpha value is -0.880. The van der Waals surface area contributed by atoms with Gasteiger partial charge < -0.3 is 10.4 Å². The third-order valence-electron chi connectivity index (χ3n) is 4.13. The van der Waals surface area contributed by atoms with Crippen molar-refractivity contribution in [3.8, 4) is 0 Å². The van der Waals surface area contributed by atoms with Crippen LogP contribution in [0.2, 0.25) is 20.1 Å². The topological polar surface area (TPSA) is 66.4 Å². The number of aromatic carboxylic acids is 1. The average molecular weight is 488 g/mol. The lowest BCUT2D eigenvalue weighted by Gasteiger charge is -2.10. The van der Waals surface area contributed by atoms with Crippen molar-refractivity contribution in [2.45, 2.75) is 10.3 Å². The molecule has 0 bridgehead atoms. The van der Waals surface area contributed by atoms with Gasteiger partial charge >= 0.3 is 5.97 Å². The first-order chi connectivity index (χ1) is 12.5. The predicted molar refractivity (Wildman–Crippen MR) is 109 cm³/mol. The van der Waals surface area contributed by atoms with Crippen molar-refractivity contribution < 1.29 is 14.7 Å². The zero-order valence-electron chi connectivity index (χ0n) is 13.1. The van der Waals surface area contributed by atoms with Crippen LogP contribution in [0.1, 0.15) is 21.8 Å². The van der Waals surface area contributed by atoms with E-state index in [1.165, 1.54) is 12.1 Å². The number of carbonyl (C=O) groups excluding carboxylic acids is 1. The van der Waals surface area contributed by atoms with E-state index >= 15 is 0 Å². The molecule has 3 rings (SSSR count). The molecule has 2 N–H and O–H groups in total. The van der Waals surface area contributed by atoms with Crippen molar-refractivity contribution in [1.29, 1.82) is 0 Å². The zero-order valence-corrected chi connectivity index (χ0v) is 17.6. The van der Waals surface area contributed by atoms with Crippen LogP contribution in [0.3, 0.4) is 0 Å². The van der Waals surface area contributed by atoms with Crippen LogP contribution in [-0.2, 0) is 4.79 Å². The highest BCUT2D eigenvalue weighted by atomic mass is 35.5. The number of hydrogen-bond acceptors (Lipinski definition) is 2. The monoisotopic (exact) mass is 485 g/mol. The van der Waals surface area contributed by atoms with Crippen molar-refractivity contribution in [2.24, 2.45) is 5.92 Å². The van der Waals surface area contributed by atoms with Gasteiger partial charge in [0.25, 0.3) is 0 Å². The number of amides is 1. The van der Waals surface area contributed by atoms with Crippen molar-refractivity contribution >= 4 is 87.2 Å². The highest BCUT2D eigenvalue weighted by Crippen LogP contribution is 2.65. The van der Waals surface area contributed by atoms with Crippen LogP contribution in [0.4, 0.5) is 5.69 Å². The minimum Gasteiger partial charge on any atom is -0.478 e. The van der Waals surface area contributed by atoms with Gasteiger partial charge in [0, 0.05) is 16.0 Å². The molecule has 1 fully saturated rings. The normalized spacial score (nSPS) is 20.2. The molecule has 2 aromatic carbocycles. The van der Waals surface area contributed by atoms with Crippen LogP contribution in [0, 0.1) is 5.92 Å². The minimum absolute atomic E-state index is 0.0487. The summed E-state index contributed by atoms with van der Waals surface area (Å²) in [5, 5.41) is 12.5. The van der Waals surface area contributed by atoms with E-state index < -0.39 is 28.0 Å². The minimum atomic E-state index is -1.37. The Kier molecular flexibility index (Phi) is 5.80. The second-order valence-electron chi connectivity index (χ2n) is 5.94. The van der Waals surface area contributed by atoms with Crippen LogP contribution < -0.4 is 5.32 Å². The fourth-order valence-corrected chi connectivity index (χ4v) is 4.72. The summed E-state index contributed by atoms with van der Waals surface area (Å²) in [5.74, 6) is -3.13. The third kappa shape index (κ3) is 4.12. The average Bonchev–Trinajstić information content (AvgIpc) is 3.11. The Morgan fingerprint density at radius 3 is 2.07 bits per heavy atom. The standard InChI is InChI=1S/C17H9Cl6NO3/c18-7-1-6(2-8(19)3-7)13-14(17(13,22)23)15(25)24-12-4-9(16(26)27)10(20)5-11(12)21/h1-5,13-14H,(H,24,25)(H,26,27)/t13-,14+/m0/s1. The number of hydrogen-bond donors (Lipinski definition) is 2. The van der Waals surface area contributed by atoms with Crippen LogP contribution in [0.25, 0.3) is 0 Å². The molecule has 0 spiro atoms. The Bertz CT molecular complexity index is 942. The molecule has 0 aromatic heterocycles. The van der Waals surface area contributed by atoms with Gasteiger partial charge in [0.15, 0.2) is 0 Å². The Morgan fingerprint density at radius 2 is 1.52 bits per heavy atom. The van der Waals surface area contributed by atoms with E-state index in [1.807, 2.05) is 0 Å². The number of halogens is 6. The molecular weight excluding hydrogens is 479 g/mol. The Balaban J connectivity index is 1.87. The molecule has 1 aliphatic carbocycles. The molecule has 4 nitrogen and oxygen atoms in total. The van der Waals surface area contributed by atoms with Crippen molar-refractivity contribution in [2.75, 3.05) is 5.32 Å². The Labute approximate surface area is 184 Å². The van der Waals surface area contributed by atoms with E-state index in [9.17, 15) is 9.59 Å². The van der Waals surface area contributed by atoms with Crippen LogP contribution in [0.15, 0.2) is 30.3 Å². The molecule has 10 heteroatoms.